The van der Waals surface area contributed by atoms with Gasteiger partial charge in [0.15, 0.2) is 0 Å². The number of nitrogens with one attached hydrogen (secondary N) is 1. The molecule has 0 aromatic carbocycles. The lowest BCUT2D eigenvalue weighted by molar-refractivity contribution is 0.0143. The van der Waals surface area contributed by atoms with Gasteiger partial charge in [-0.1, -0.05) is 0 Å². The Kier molecular flexibility index (Phi) is 8.61. The van der Waals surface area contributed by atoms with Crippen molar-refractivity contribution in [1.82, 2.24) is 5.32 Å². The zero-order valence-electron chi connectivity index (χ0n) is 11.0. The highest BCUT2D eigenvalue weighted by Gasteiger charge is 2.23. The van der Waals surface area contributed by atoms with E-state index in [4.69, 9.17) is 9.47 Å². The monoisotopic (exact) mass is 245 g/mol. The molecule has 1 aliphatic rings. The highest BCUT2D eigenvalue weighted by atomic mass is 16.5. The van der Waals surface area contributed by atoms with Crippen LogP contribution in [0.2, 0.25) is 0 Å². The van der Waals surface area contributed by atoms with Crippen molar-refractivity contribution in [3.8, 4) is 0 Å². The first kappa shape index (κ1) is 14.9. The zero-order chi connectivity index (χ0) is 12.3. The Bertz CT molecular complexity index is 172. The van der Waals surface area contributed by atoms with Crippen molar-refractivity contribution in [1.29, 1.82) is 0 Å². The van der Waals surface area contributed by atoms with Gasteiger partial charge in [-0.25, -0.2) is 0 Å². The minimum atomic E-state index is 0.285. The topological polar surface area (TPSA) is 50.7 Å². The van der Waals surface area contributed by atoms with Gasteiger partial charge in [-0.2, -0.15) is 0 Å². The number of hydrogen-bond acceptors (Lipinski definition) is 4. The molecule has 102 valence electrons. The average molecular weight is 245 g/mol. The molecule has 0 aromatic rings. The summed E-state index contributed by atoms with van der Waals surface area (Å²) < 4.78 is 10.5. The molecule has 0 bridgehead atoms. The molecule has 1 saturated heterocycles. The molecule has 0 aromatic heterocycles. The second kappa shape index (κ2) is 9.83. The van der Waals surface area contributed by atoms with Crippen molar-refractivity contribution >= 4 is 0 Å². The Morgan fingerprint density at radius 2 is 2.35 bits per heavy atom. The van der Waals surface area contributed by atoms with E-state index in [-0.39, 0.29) is 6.61 Å². The van der Waals surface area contributed by atoms with Crippen LogP contribution in [0.15, 0.2) is 0 Å². The fourth-order valence-electron chi connectivity index (χ4n) is 2.37. The van der Waals surface area contributed by atoms with Crippen LogP contribution in [0.4, 0.5) is 0 Å². The third-order valence-electron chi connectivity index (χ3n) is 3.49. The fraction of sp³-hybridized carbons (Fsp3) is 1.00. The summed E-state index contributed by atoms with van der Waals surface area (Å²) in [6, 6.07) is 0. The SMILES string of the molecule is COCCCNCCC(CO)C1CCCOC1. The summed E-state index contributed by atoms with van der Waals surface area (Å²) in [5, 5.41) is 12.8. The molecule has 0 amide bonds. The molecule has 1 aliphatic heterocycles. The molecule has 1 fully saturated rings. The van der Waals surface area contributed by atoms with Crippen LogP contribution in [0, 0.1) is 11.8 Å². The lowest BCUT2D eigenvalue weighted by atomic mass is 9.86. The van der Waals surface area contributed by atoms with Gasteiger partial charge in [-0.05, 0) is 50.6 Å². The number of aliphatic hydroxyl groups excluding tert-OH is 1. The maximum Gasteiger partial charge on any atom is 0.0497 e. The van der Waals surface area contributed by atoms with Gasteiger partial charge in [-0.15, -0.1) is 0 Å². The smallest absolute Gasteiger partial charge is 0.0497 e. The summed E-state index contributed by atoms with van der Waals surface area (Å²) in [4.78, 5) is 0. The molecular formula is C13H27NO3. The van der Waals surface area contributed by atoms with Crippen LogP contribution in [0.1, 0.15) is 25.7 Å². The first-order valence-corrected chi connectivity index (χ1v) is 6.76. The van der Waals surface area contributed by atoms with Gasteiger partial charge in [0.05, 0.1) is 0 Å². The summed E-state index contributed by atoms with van der Waals surface area (Å²) >= 11 is 0. The molecule has 1 rings (SSSR count). The van der Waals surface area contributed by atoms with E-state index in [1.807, 2.05) is 0 Å². The molecule has 17 heavy (non-hydrogen) atoms. The molecule has 2 unspecified atom stereocenters. The van der Waals surface area contributed by atoms with Gasteiger partial charge in [0.25, 0.3) is 0 Å². The molecule has 2 N–H and O–H groups in total. The third-order valence-corrected chi connectivity index (χ3v) is 3.49. The van der Waals surface area contributed by atoms with Crippen LogP contribution in [0.3, 0.4) is 0 Å². The molecule has 0 spiro atoms. The first-order valence-electron chi connectivity index (χ1n) is 6.76. The van der Waals surface area contributed by atoms with Crippen molar-refractivity contribution in [3.63, 3.8) is 0 Å². The van der Waals surface area contributed by atoms with Gasteiger partial charge in [0.1, 0.15) is 0 Å². The van der Waals surface area contributed by atoms with E-state index in [1.54, 1.807) is 7.11 Å². The average Bonchev–Trinajstić information content (AvgIpc) is 2.39. The van der Waals surface area contributed by atoms with E-state index in [0.29, 0.717) is 11.8 Å². The van der Waals surface area contributed by atoms with Crippen molar-refractivity contribution < 1.29 is 14.6 Å². The quantitative estimate of drug-likeness (QED) is 0.596. The summed E-state index contributed by atoms with van der Waals surface area (Å²) in [5.74, 6) is 0.944. The summed E-state index contributed by atoms with van der Waals surface area (Å²) in [6.45, 7) is 4.79. The number of ether oxygens (including phenoxy) is 2. The largest absolute Gasteiger partial charge is 0.396 e. The molecule has 0 aliphatic carbocycles. The fourth-order valence-corrected chi connectivity index (χ4v) is 2.37. The Morgan fingerprint density at radius 1 is 1.47 bits per heavy atom. The Hall–Kier alpha value is -0.160. The van der Waals surface area contributed by atoms with Crippen molar-refractivity contribution in [3.05, 3.63) is 0 Å². The lowest BCUT2D eigenvalue weighted by Gasteiger charge is -2.29. The number of aliphatic hydroxyl groups is 1. The normalized spacial score (nSPS) is 22.6. The van der Waals surface area contributed by atoms with E-state index in [9.17, 15) is 5.11 Å². The molecule has 0 radical (unpaired) electrons. The van der Waals surface area contributed by atoms with Crippen molar-refractivity contribution in [2.75, 3.05) is 46.6 Å². The minimum Gasteiger partial charge on any atom is -0.396 e. The van der Waals surface area contributed by atoms with Gasteiger partial charge in [0.2, 0.25) is 0 Å². The Balaban J connectivity index is 2.05. The summed E-state index contributed by atoms with van der Waals surface area (Å²) in [7, 11) is 1.73. The summed E-state index contributed by atoms with van der Waals surface area (Å²) in [6.07, 6.45) is 4.43. The number of rotatable bonds is 9. The maximum absolute atomic E-state index is 9.42. The molecule has 4 heteroatoms. The third kappa shape index (κ3) is 6.36. The predicted molar refractivity (Wildman–Crippen MR) is 68.1 cm³/mol. The zero-order valence-corrected chi connectivity index (χ0v) is 11.0. The van der Waals surface area contributed by atoms with Gasteiger partial charge in [0, 0.05) is 33.5 Å². The highest BCUT2D eigenvalue weighted by molar-refractivity contribution is 4.73. The van der Waals surface area contributed by atoms with Crippen molar-refractivity contribution in [2.24, 2.45) is 11.8 Å². The second-order valence-corrected chi connectivity index (χ2v) is 4.80. The van der Waals surface area contributed by atoms with Crippen LogP contribution in [0.25, 0.3) is 0 Å². The minimum absolute atomic E-state index is 0.285. The second-order valence-electron chi connectivity index (χ2n) is 4.80. The van der Waals surface area contributed by atoms with Crippen LogP contribution in [0.5, 0.6) is 0 Å². The maximum atomic E-state index is 9.42. The Labute approximate surface area is 105 Å². The van der Waals surface area contributed by atoms with Crippen LogP contribution in [-0.4, -0.2) is 51.7 Å². The van der Waals surface area contributed by atoms with Gasteiger partial charge >= 0.3 is 0 Å². The molecule has 4 nitrogen and oxygen atoms in total. The molecule has 2 atom stereocenters. The first-order chi connectivity index (χ1) is 8.38. The van der Waals surface area contributed by atoms with E-state index in [0.717, 1.165) is 52.2 Å². The van der Waals surface area contributed by atoms with Gasteiger partial charge in [-0.3, -0.25) is 0 Å². The standard InChI is InChI=1S/C13H27NO3/c1-16-8-3-6-14-7-5-12(10-15)13-4-2-9-17-11-13/h12-15H,2-11H2,1H3. The van der Waals surface area contributed by atoms with Crippen LogP contribution < -0.4 is 5.32 Å². The highest BCUT2D eigenvalue weighted by Crippen LogP contribution is 2.24. The van der Waals surface area contributed by atoms with Crippen LogP contribution in [-0.2, 0) is 9.47 Å². The lowest BCUT2D eigenvalue weighted by Crippen LogP contribution is -2.30. The van der Waals surface area contributed by atoms with Gasteiger partial charge < -0.3 is 19.9 Å². The number of methoxy groups -OCH3 is 1. The van der Waals surface area contributed by atoms with E-state index in [1.165, 1.54) is 6.42 Å². The van der Waals surface area contributed by atoms with Crippen LogP contribution >= 0.6 is 0 Å². The predicted octanol–water partition coefficient (Wildman–Crippen LogP) is 1.04. The summed E-state index contributed by atoms with van der Waals surface area (Å²) in [5.41, 5.74) is 0. The molecule has 1 heterocycles. The molecular weight excluding hydrogens is 218 g/mol. The van der Waals surface area contributed by atoms with E-state index < -0.39 is 0 Å². The van der Waals surface area contributed by atoms with E-state index in [2.05, 4.69) is 5.32 Å². The molecule has 0 saturated carbocycles. The van der Waals surface area contributed by atoms with Crippen molar-refractivity contribution in [2.45, 2.75) is 25.7 Å². The Morgan fingerprint density at radius 3 is 3.00 bits per heavy atom. The van der Waals surface area contributed by atoms with E-state index >= 15 is 0 Å². The number of hydrogen-bond donors (Lipinski definition) is 2.